The zero-order valence-electron chi connectivity index (χ0n) is 11.9. The zero-order chi connectivity index (χ0) is 13.8. The minimum atomic E-state index is -0.129. The monoisotopic (exact) mass is 265 g/mol. The van der Waals surface area contributed by atoms with E-state index in [0.29, 0.717) is 5.92 Å². The molecule has 0 radical (unpaired) electrons. The summed E-state index contributed by atoms with van der Waals surface area (Å²) in [4.78, 5) is 2.27. The van der Waals surface area contributed by atoms with Crippen molar-refractivity contribution in [2.45, 2.75) is 26.2 Å². The van der Waals surface area contributed by atoms with E-state index < -0.39 is 0 Å². The van der Waals surface area contributed by atoms with Gasteiger partial charge in [0.05, 0.1) is 19.8 Å². The van der Waals surface area contributed by atoms with Crippen molar-refractivity contribution in [2.75, 3.05) is 26.8 Å². The lowest BCUT2D eigenvalue weighted by atomic mass is 10.1. The molecule has 2 unspecified atom stereocenters. The van der Waals surface area contributed by atoms with Crippen molar-refractivity contribution in [3.8, 4) is 5.75 Å². The molecule has 0 bridgehead atoms. The smallest absolute Gasteiger partial charge is 0.141 e. The van der Waals surface area contributed by atoms with E-state index in [0.717, 1.165) is 24.4 Å². The molecule has 2 atom stereocenters. The molecule has 1 aromatic carbocycles. The summed E-state index contributed by atoms with van der Waals surface area (Å²) in [6.07, 6.45) is -0.246. The fourth-order valence-corrected chi connectivity index (χ4v) is 2.55. The third-order valence-corrected chi connectivity index (χ3v) is 3.30. The predicted molar refractivity (Wildman–Crippen MR) is 74.1 cm³/mol. The fraction of sp³-hybridized carbons (Fsp3) is 0.600. The highest BCUT2D eigenvalue weighted by Gasteiger charge is 2.35. The first kappa shape index (κ1) is 14.3. The van der Waals surface area contributed by atoms with Gasteiger partial charge < -0.3 is 14.6 Å². The summed E-state index contributed by atoms with van der Waals surface area (Å²) < 4.78 is 11.4. The quantitative estimate of drug-likeness (QED) is 0.884. The van der Waals surface area contributed by atoms with Crippen LogP contribution in [-0.4, -0.2) is 42.9 Å². The number of aliphatic hydroxyl groups is 1. The van der Waals surface area contributed by atoms with E-state index in [1.165, 1.54) is 0 Å². The minimum absolute atomic E-state index is 0.0558. The Kier molecular flexibility index (Phi) is 4.80. The summed E-state index contributed by atoms with van der Waals surface area (Å²) in [7, 11) is 1.67. The van der Waals surface area contributed by atoms with Crippen molar-refractivity contribution < 1.29 is 14.6 Å². The molecule has 2 rings (SSSR count). The molecule has 1 heterocycles. The maximum Gasteiger partial charge on any atom is 0.141 e. The molecule has 1 aliphatic heterocycles. The Labute approximate surface area is 114 Å². The van der Waals surface area contributed by atoms with Gasteiger partial charge in [-0.05, 0) is 12.0 Å². The standard InChI is InChI=1S/C15H23NO3/c1-11(2)8-16-9-12(10-17)19-15(16)13-6-4-5-7-14(13)18-3/h4-7,11-12,15,17H,8-10H2,1-3H3. The molecule has 0 saturated carbocycles. The molecule has 0 amide bonds. The van der Waals surface area contributed by atoms with Gasteiger partial charge in [-0.25, -0.2) is 0 Å². The maximum atomic E-state index is 9.33. The van der Waals surface area contributed by atoms with E-state index in [-0.39, 0.29) is 18.9 Å². The molecule has 19 heavy (non-hydrogen) atoms. The molecule has 0 aliphatic carbocycles. The molecule has 0 aromatic heterocycles. The Morgan fingerprint density at radius 3 is 2.79 bits per heavy atom. The first-order chi connectivity index (χ1) is 9.15. The van der Waals surface area contributed by atoms with Gasteiger partial charge in [0.1, 0.15) is 12.0 Å². The molecule has 106 valence electrons. The summed E-state index contributed by atoms with van der Waals surface area (Å²) in [6.45, 7) is 6.13. The van der Waals surface area contributed by atoms with E-state index in [4.69, 9.17) is 9.47 Å². The molecule has 1 aliphatic rings. The Morgan fingerprint density at radius 2 is 2.16 bits per heavy atom. The Morgan fingerprint density at radius 1 is 1.42 bits per heavy atom. The third kappa shape index (κ3) is 3.26. The van der Waals surface area contributed by atoms with Crippen molar-refractivity contribution in [2.24, 2.45) is 5.92 Å². The average Bonchev–Trinajstić information content (AvgIpc) is 2.80. The second kappa shape index (κ2) is 6.37. The van der Waals surface area contributed by atoms with Crippen molar-refractivity contribution in [1.82, 2.24) is 4.90 Å². The highest BCUT2D eigenvalue weighted by atomic mass is 16.5. The number of hydrogen-bond donors (Lipinski definition) is 1. The first-order valence-electron chi connectivity index (χ1n) is 6.79. The van der Waals surface area contributed by atoms with E-state index in [2.05, 4.69) is 18.7 Å². The van der Waals surface area contributed by atoms with Crippen LogP contribution in [0.15, 0.2) is 24.3 Å². The zero-order valence-corrected chi connectivity index (χ0v) is 11.9. The number of para-hydroxylation sites is 1. The Bertz CT molecular complexity index is 408. The lowest BCUT2D eigenvalue weighted by Crippen LogP contribution is -2.29. The van der Waals surface area contributed by atoms with Crippen LogP contribution in [0.3, 0.4) is 0 Å². The minimum Gasteiger partial charge on any atom is -0.496 e. The average molecular weight is 265 g/mol. The molecule has 1 fully saturated rings. The molecule has 4 heteroatoms. The molecule has 1 aromatic rings. The van der Waals surface area contributed by atoms with Crippen LogP contribution in [0.4, 0.5) is 0 Å². The number of benzene rings is 1. The highest BCUT2D eigenvalue weighted by molar-refractivity contribution is 5.35. The second-order valence-electron chi connectivity index (χ2n) is 5.38. The SMILES string of the molecule is COc1ccccc1C1OC(CO)CN1CC(C)C. The lowest BCUT2D eigenvalue weighted by molar-refractivity contribution is -0.0229. The van der Waals surface area contributed by atoms with Crippen molar-refractivity contribution in [3.63, 3.8) is 0 Å². The van der Waals surface area contributed by atoms with E-state index in [1.54, 1.807) is 7.11 Å². The maximum absolute atomic E-state index is 9.33. The van der Waals surface area contributed by atoms with Crippen LogP contribution in [0.5, 0.6) is 5.75 Å². The molecular formula is C15H23NO3. The Balaban J connectivity index is 2.24. The second-order valence-corrected chi connectivity index (χ2v) is 5.38. The van der Waals surface area contributed by atoms with Crippen LogP contribution in [0.25, 0.3) is 0 Å². The summed E-state index contributed by atoms with van der Waals surface area (Å²) >= 11 is 0. The number of methoxy groups -OCH3 is 1. The van der Waals surface area contributed by atoms with Gasteiger partial charge >= 0.3 is 0 Å². The molecule has 0 spiro atoms. The van der Waals surface area contributed by atoms with Crippen LogP contribution in [0.1, 0.15) is 25.6 Å². The number of rotatable bonds is 5. The third-order valence-electron chi connectivity index (χ3n) is 3.30. The normalized spacial score (nSPS) is 24.1. The van der Waals surface area contributed by atoms with Gasteiger partial charge in [-0.1, -0.05) is 32.0 Å². The van der Waals surface area contributed by atoms with Gasteiger partial charge in [0.2, 0.25) is 0 Å². The topological polar surface area (TPSA) is 41.9 Å². The van der Waals surface area contributed by atoms with E-state index >= 15 is 0 Å². The van der Waals surface area contributed by atoms with Gasteiger partial charge in [-0.15, -0.1) is 0 Å². The fourth-order valence-electron chi connectivity index (χ4n) is 2.55. The number of ether oxygens (including phenoxy) is 2. The van der Waals surface area contributed by atoms with Gasteiger partial charge in [0.15, 0.2) is 0 Å². The van der Waals surface area contributed by atoms with Crippen LogP contribution in [0, 0.1) is 5.92 Å². The number of aliphatic hydroxyl groups excluding tert-OH is 1. The van der Waals surface area contributed by atoms with Gasteiger partial charge in [-0.3, -0.25) is 4.90 Å². The van der Waals surface area contributed by atoms with Crippen molar-refractivity contribution >= 4 is 0 Å². The highest BCUT2D eigenvalue weighted by Crippen LogP contribution is 2.35. The van der Waals surface area contributed by atoms with E-state index in [9.17, 15) is 5.11 Å². The predicted octanol–water partition coefficient (Wildman–Crippen LogP) is 2.04. The van der Waals surface area contributed by atoms with Crippen LogP contribution < -0.4 is 4.74 Å². The van der Waals surface area contributed by atoms with Crippen molar-refractivity contribution in [1.29, 1.82) is 0 Å². The first-order valence-corrected chi connectivity index (χ1v) is 6.79. The molecule has 1 saturated heterocycles. The summed E-state index contributed by atoms with van der Waals surface area (Å²) in [5, 5.41) is 9.33. The summed E-state index contributed by atoms with van der Waals surface area (Å²) in [5.74, 6) is 1.39. The van der Waals surface area contributed by atoms with Crippen LogP contribution in [0.2, 0.25) is 0 Å². The van der Waals surface area contributed by atoms with Crippen LogP contribution >= 0.6 is 0 Å². The summed E-state index contributed by atoms with van der Waals surface area (Å²) in [5.41, 5.74) is 1.03. The number of nitrogens with zero attached hydrogens (tertiary/aromatic N) is 1. The van der Waals surface area contributed by atoms with Gasteiger partial charge in [0, 0.05) is 18.7 Å². The van der Waals surface area contributed by atoms with Gasteiger partial charge in [-0.2, -0.15) is 0 Å². The lowest BCUT2D eigenvalue weighted by Gasteiger charge is -2.25. The largest absolute Gasteiger partial charge is 0.496 e. The van der Waals surface area contributed by atoms with Gasteiger partial charge in [0.25, 0.3) is 0 Å². The molecule has 1 N–H and O–H groups in total. The van der Waals surface area contributed by atoms with Crippen LogP contribution in [-0.2, 0) is 4.74 Å². The summed E-state index contributed by atoms with van der Waals surface area (Å²) in [6, 6.07) is 7.91. The molecular weight excluding hydrogens is 242 g/mol. The van der Waals surface area contributed by atoms with E-state index in [1.807, 2.05) is 24.3 Å². The molecule has 4 nitrogen and oxygen atoms in total. The number of hydrogen-bond acceptors (Lipinski definition) is 4. The van der Waals surface area contributed by atoms with Crippen molar-refractivity contribution in [3.05, 3.63) is 29.8 Å². The Hall–Kier alpha value is -1.10.